The van der Waals surface area contributed by atoms with Crippen LogP contribution < -0.4 is 10.2 Å². The van der Waals surface area contributed by atoms with Gasteiger partial charge in [0.1, 0.15) is 5.82 Å². The van der Waals surface area contributed by atoms with Gasteiger partial charge in [0.15, 0.2) is 0 Å². The first-order chi connectivity index (χ1) is 14.0. The molecule has 0 bridgehead atoms. The molecule has 5 heteroatoms. The summed E-state index contributed by atoms with van der Waals surface area (Å²) in [7, 11) is 0. The number of nitrogens with zero attached hydrogens (tertiary/aromatic N) is 1. The number of rotatable bonds is 4. The van der Waals surface area contributed by atoms with Gasteiger partial charge in [0.05, 0.1) is 0 Å². The number of hydrogen-bond acceptors (Lipinski definition) is 2. The molecule has 2 amide bonds. The van der Waals surface area contributed by atoms with Crippen molar-refractivity contribution in [3.8, 4) is 0 Å². The number of fused-ring (bicyclic) bond motifs is 1. The highest BCUT2D eigenvalue weighted by Crippen LogP contribution is 2.30. The number of benzene rings is 3. The van der Waals surface area contributed by atoms with Crippen molar-refractivity contribution in [1.82, 2.24) is 5.32 Å². The Labute approximate surface area is 169 Å². The summed E-state index contributed by atoms with van der Waals surface area (Å²) >= 11 is 0. The summed E-state index contributed by atoms with van der Waals surface area (Å²) in [5, 5.41) is 2.96. The van der Waals surface area contributed by atoms with E-state index in [1.807, 2.05) is 49.4 Å². The lowest BCUT2D eigenvalue weighted by Crippen LogP contribution is -2.28. The van der Waals surface area contributed by atoms with Gasteiger partial charge in [-0.2, -0.15) is 0 Å². The van der Waals surface area contributed by atoms with E-state index >= 15 is 0 Å². The van der Waals surface area contributed by atoms with E-state index in [-0.39, 0.29) is 17.6 Å². The molecule has 0 atom stereocenters. The Kier molecular flexibility index (Phi) is 5.12. The number of amides is 2. The zero-order valence-corrected chi connectivity index (χ0v) is 16.1. The minimum Gasteiger partial charge on any atom is -0.348 e. The number of carbonyl (C=O) groups excluding carboxylic acids is 2. The summed E-state index contributed by atoms with van der Waals surface area (Å²) < 4.78 is 13.1. The Hall–Kier alpha value is -3.47. The monoisotopic (exact) mass is 388 g/mol. The Morgan fingerprint density at radius 3 is 2.55 bits per heavy atom. The molecule has 0 fully saturated rings. The Morgan fingerprint density at radius 2 is 1.79 bits per heavy atom. The zero-order chi connectivity index (χ0) is 20.4. The summed E-state index contributed by atoms with van der Waals surface area (Å²) in [6.07, 6.45) is 0.752. The van der Waals surface area contributed by atoms with Crippen molar-refractivity contribution >= 4 is 17.5 Å². The van der Waals surface area contributed by atoms with E-state index in [0.29, 0.717) is 24.2 Å². The lowest BCUT2D eigenvalue weighted by molar-refractivity contribution is 0.0949. The van der Waals surface area contributed by atoms with Crippen LogP contribution in [0, 0.1) is 12.7 Å². The van der Waals surface area contributed by atoms with Crippen molar-refractivity contribution < 1.29 is 14.0 Å². The van der Waals surface area contributed by atoms with Gasteiger partial charge in [0.25, 0.3) is 11.8 Å². The fraction of sp³-hybridized carbons (Fsp3) is 0.167. The predicted molar refractivity (Wildman–Crippen MR) is 111 cm³/mol. The number of carbonyl (C=O) groups is 2. The second kappa shape index (κ2) is 7.87. The van der Waals surface area contributed by atoms with Crippen molar-refractivity contribution in [2.75, 3.05) is 11.4 Å². The Bertz CT molecular complexity index is 1080. The quantitative estimate of drug-likeness (QED) is 0.726. The molecular weight excluding hydrogens is 367 g/mol. The molecule has 146 valence electrons. The van der Waals surface area contributed by atoms with Gasteiger partial charge in [0, 0.05) is 29.9 Å². The van der Waals surface area contributed by atoms with Crippen LogP contribution >= 0.6 is 0 Å². The fourth-order valence-electron chi connectivity index (χ4n) is 3.63. The largest absolute Gasteiger partial charge is 0.348 e. The minimum absolute atomic E-state index is 0.100. The maximum absolute atomic E-state index is 13.1. The zero-order valence-electron chi connectivity index (χ0n) is 16.1. The van der Waals surface area contributed by atoms with Gasteiger partial charge in [-0.1, -0.05) is 30.3 Å². The third-order valence-corrected chi connectivity index (χ3v) is 5.22. The van der Waals surface area contributed by atoms with Gasteiger partial charge in [-0.3, -0.25) is 9.59 Å². The highest BCUT2D eigenvalue weighted by Gasteiger charge is 2.25. The molecule has 4 rings (SSSR count). The van der Waals surface area contributed by atoms with E-state index in [2.05, 4.69) is 5.32 Å². The van der Waals surface area contributed by atoms with E-state index in [4.69, 9.17) is 0 Å². The third kappa shape index (κ3) is 3.90. The fourth-order valence-corrected chi connectivity index (χ4v) is 3.63. The van der Waals surface area contributed by atoms with Crippen LogP contribution in [0.15, 0.2) is 66.7 Å². The smallest absolute Gasteiger partial charge is 0.258 e. The third-order valence-electron chi connectivity index (χ3n) is 5.22. The lowest BCUT2D eigenvalue weighted by atomic mass is 10.1. The average Bonchev–Trinajstić information content (AvgIpc) is 3.15. The van der Waals surface area contributed by atoms with Gasteiger partial charge in [-0.25, -0.2) is 4.39 Å². The number of halogens is 1. The molecule has 3 aromatic carbocycles. The van der Waals surface area contributed by atoms with E-state index in [9.17, 15) is 14.0 Å². The van der Waals surface area contributed by atoms with Crippen LogP contribution in [0.3, 0.4) is 0 Å². The predicted octanol–water partition coefficient (Wildman–Crippen LogP) is 4.27. The Morgan fingerprint density at radius 1 is 1.03 bits per heavy atom. The molecule has 0 unspecified atom stereocenters. The summed E-state index contributed by atoms with van der Waals surface area (Å²) in [6, 6.07) is 19.0. The number of anilines is 1. The lowest BCUT2D eigenvalue weighted by Gasteiger charge is -2.18. The highest BCUT2D eigenvalue weighted by molar-refractivity contribution is 6.07. The first-order valence-electron chi connectivity index (χ1n) is 9.56. The minimum atomic E-state index is -0.360. The van der Waals surface area contributed by atoms with Crippen LogP contribution in [0.1, 0.15) is 37.4 Å². The first-order valence-corrected chi connectivity index (χ1v) is 9.56. The standard InChI is InChI=1S/C24H21FN2O2/c1-16-4-2-3-5-21(16)23(28)26-15-17-6-11-22-19(14-17)12-13-27(22)24(29)18-7-9-20(25)10-8-18/h2-11,14H,12-13,15H2,1H3,(H,26,28). The molecule has 0 saturated heterocycles. The average molecular weight is 388 g/mol. The van der Waals surface area contributed by atoms with E-state index < -0.39 is 0 Å². The molecule has 0 spiro atoms. The van der Waals surface area contributed by atoms with Gasteiger partial charge in [-0.05, 0) is 66.4 Å². The number of nitrogens with one attached hydrogen (secondary N) is 1. The highest BCUT2D eigenvalue weighted by atomic mass is 19.1. The number of hydrogen-bond donors (Lipinski definition) is 1. The van der Waals surface area contributed by atoms with Crippen molar-refractivity contribution in [3.63, 3.8) is 0 Å². The summed E-state index contributed by atoms with van der Waals surface area (Å²) in [5.41, 5.74) is 5.01. The molecule has 3 aromatic rings. The van der Waals surface area contributed by atoms with Gasteiger partial charge in [-0.15, -0.1) is 0 Å². The van der Waals surface area contributed by atoms with Crippen LogP contribution in [-0.2, 0) is 13.0 Å². The van der Waals surface area contributed by atoms with Crippen molar-refractivity contribution in [1.29, 1.82) is 0 Å². The number of aryl methyl sites for hydroxylation is 1. The van der Waals surface area contributed by atoms with Gasteiger partial charge in [0.2, 0.25) is 0 Å². The molecule has 0 saturated carbocycles. The molecule has 0 aliphatic carbocycles. The molecule has 29 heavy (non-hydrogen) atoms. The van der Waals surface area contributed by atoms with Crippen LogP contribution in [0.25, 0.3) is 0 Å². The maximum Gasteiger partial charge on any atom is 0.258 e. The molecule has 0 aromatic heterocycles. The first kappa shape index (κ1) is 18.9. The van der Waals surface area contributed by atoms with Crippen LogP contribution in [0.4, 0.5) is 10.1 Å². The summed E-state index contributed by atoms with van der Waals surface area (Å²) in [5.74, 6) is -0.596. The second-order valence-corrected chi connectivity index (χ2v) is 7.17. The molecule has 0 radical (unpaired) electrons. The van der Waals surface area contributed by atoms with E-state index in [1.54, 1.807) is 4.90 Å². The molecule has 4 nitrogen and oxygen atoms in total. The summed E-state index contributed by atoms with van der Waals surface area (Å²) in [4.78, 5) is 26.9. The van der Waals surface area contributed by atoms with Crippen molar-refractivity contribution in [2.24, 2.45) is 0 Å². The molecule has 1 heterocycles. The van der Waals surface area contributed by atoms with E-state index in [0.717, 1.165) is 28.8 Å². The van der Waals surface area contributed by atoms with E-state index in [1.165, 1.54) is 24.3 Å². The second-order valence-electron chi connectivity index (χ2n) is 7.17. The molecular formula is C24H21FN2O2. The summed E-state index contributed by atoms with van der Waals surface area (Å²) in [6.45, 7) is 2.92. The van der Waals surface area contributed by atoms with Gasteiger partial charge >= 0.3 is 0 Å². The van der Waals surface area contributed by atoms with Crippen molar-refractivity contribution in [2.45, 2.75) is 19.9 Å². The van der Waals surface area contributed by atoms with Crippen LogP contribution in [-0.4, -0.2) is 18.4 Å². The normalized spacial score (nSPS) is 12.6. The van der Waals surface area contributed by atoms with Crippen LogP contribution in [0.2, 0.25) is 0 Å². The Balaban J connectivity index is 1.46. The molecule has 1 N–H and O–H groups in total. The van der Waals surface area contributed by atoms with Crippen LogP contribution in [0.5, 0.6) is 0 Å². The van der Waals surface area contributed by atoms with Gasteiger partial charge < -0.3 is 10.2 Å². The molecule has 1 aliphatic rings. The SMILES string of the molecule is Cc1ccccc1C(=O)NCc1ccc2c(c1)CCN2C(=O)c1ccc(F)cc1. The topological polar surface area (TPSA) is 49.4 Å². The molecule has 1 aliphatic heterocycles. The maximum atomic E-state index is 13.1. The van der Waals surface area contributed by atoms with Crippen molar-refractivity contribution in [3.05, 3.63) is 100 Å².